The van der Waals surface area contributed by atoms with Crippen LogP contribution in [0.5, 0.6) is 0 Å². The topological polar surface area (TPSA) is 79.4 Å². The van der Waals surface area contributed by atoms with Crippen LogP contribution in [0.4, 0.5) is 5.82 Å². The smallest absolute Gasteiger partial charge is 0.249 e. The lowest BCUT2D eigenvalue weighted by atomic mass is 10.2. The molecular weight excluding hydrogens is 326 g/mol. The second-order valence-electron chi connectivity index (χ2n) is 5.40. The second kappa shape index (κ2) is 7.37. The molecule has 0 aliphatic carbocycles. The maximum Gasteiger partial charge on any atom is 0.249 e. The molecule has 0 saturated heterocycles. The number of rotatable bonds is 5. The van der Waals surface area contributed by atoms with Gasteiger partial charge in [-0.3, -0.25) is 4.79 Å². The van der Waals surface area contributed by atoms with Gasteiger partial charge in [0.15, 0.2) is 0 Å². The largest absolute Gasteiger partial charge is 0.307 e. The maximum atomic E-state index is 12.0. The van der Waals surface area contributed by atoms with Crippen molar-refractivity contribution in [2.24, 2.45) is 0 Å². The normalized spacial score (nSPS) is 11.8. The standard InChI is InChI=1S/C17H19N3O3S/c1-13-10-11-18-16(12-13)19-17(21)9-6-14-4-7-15(8-5-14)24(22,23)20(2)3/h4-12H,1-3H3,(H,18,19,21)/b9-6+. The third-order valence-electron chi connectivity index (χ3n) is 3.25. The first-order valence-corrected chi connectivity index (χ1v) is 8.67. The number of hydrogen-bond donors (Lipinski definition) is 1. The molecule has 2 aromatic rings. The zero-order valence-corrected chi connectivity index (χ0v) is 14.5. The summed E-state index contributed by atoms with van der Waals surface area (Å²) in [5.74, 6) is 0.176. The Labute approximate surface area is 141 Å². The molecule has 126 valence electrons. The lowest BCUT2D eigenvalue weighted by molar-refractivity contribution is -0.111. The van der Waals surface area contributed by atoms with E-state index < -0.39 is 10.0 Å². The number of amides is 1. The second-order valence-corrected chi connectivity index (χ2v) is 7.55. The number of aromatic nitrogens is 1. The van der Waals surface area contributed by atoms with Crippen molar-refractivity contribution in [3.05, 3.63) is 59.8 Å². The molecule has 1 heterocycles. The molecule has 1 amide bonds. The van der Waals surface area contributed by atoms with Crippen LogP contribution in [0.1, 0.15) is 11.1 Å². The van der Waals surface area contributed by atoms with Crippen LogP contribution >= 0.6 is 0 Å². The Hall–Kier alpha value is -2.51. The SMILES string of the molecule is Cc1ccnc(NC(=O)/C=C/c2ccc(S(=O)(=O)N(C)C)cc2)c1. The lowest BCUT2D eigenvalue weighted by Gasteiger charge is -2.11. The van der Waals surface area contributed by atoms with Gasteiger partial charge in [-0.1, -0.05) is 12.1 Å². The highest BCUT2D eigenvalue weighted by Gasteiger charge is 2.16. The van der Waals surface area contributed by atoms with Crippen molar-refractivity contribution < 1.29 is 13.2 Å². The highest BCUT2D eigenvalue weighted by Crippen LogP contribution is 2.14. The summed E-state index contributed by atoms with van der Waals surface area (Å²) in [5.41, 5.74) is 1.72. The number of nitrogens with one attached hydrogen (secondary N) is 1. The van der Waals surface area contributed by atoms with Gasteiger partial charge < -0.3 is 5.32 Å². The molecule has 0 bridgehead atoms. The third kappa shape index (κ3) is 4.50. The van der Waals surface area contributed by atoms with E-state index in [1.165, 1.54) is 32.3 Å². The monoisotopic (exact) mass is 345 g/mol. The molecule has 0 saturated carbocycles. The van der Waals surface area contributed by atoms with E-state index in [2.05, 4.69) is 10.3 Å². The Bertz CT molecular complexity index is 857. The van der Waals surface area contributed by atoms with Gasteiger partial charge in [-0.2, -0.15) is 0 Å². The van der Waals surface area contributed by atoms with Gasteiger partial charge in [0, 0.05) is 26.4 Å². The fourth-order valence-electron chi connectivity index (χ4n) is 1.91. The summed E-state index contributed by atoms with van der Waals surface area (Å²) in [5, 5.41) is 2.66. The van der Waals surface area contributed by atoms with Crippen molar-refractivity contribution in [2.75, 3.05) is 19.4 Å². The molecule has 6 nitrogen and oxygen atoms in total. The summed E-state index contributed by atoms with van der Waals surface area (Å²) in [6.45, 7) is 1.91. The zero-order chi connectivity index (χ0) is 17.7. The molecule has 2 rings (SSSR count). The number of carbonyl (C=O) groups excluding carboxylic acids is 1. The average molecular weight is 345 g/mol. The van der Waals surface area contributed by atoms with Gasteiger partial charge in [0.2, 0.25) is 15.9 Å². The van der Waals surface area contributed by atoms with Gasteiger partial charge in [0.1, 0.15) is 5.82 Å². The molecule has 24 heavy (non-hydrogen) atoms. The van der Waals surface area contributed by atoms with Crippen molar-refractivity contribution in [3.63, 3.8) is 0 Å². The number of benzene rings is 1. The van der Waals surface area contributed by atoms with Gasteiger partial charge in [0.25, 0.3) is 0 Å². The van der Waals surface area contributed by atoms with Crippen molar-refractivity contribution in [2.45, 2.75) is 11.8 Å². The van der Waals surface area contributed by atoms with Crippen molar-refractivity contribution in [1.29, 1.82) is 0 Å². The van der Waals surface area contributed by atoms with Crippen LogP contribution in [0.3, 0.4) is 0 Å². The van der Waals surface area contributed by atoms with E-state index in [4.69, 9.17) is 0 Å². The van der Waals surface area contributed by atoms with E-state index in [-0.39, 0.29) is 10.8 Å². The Balaban J connectivity index is 2.05. The number of carbonyl (C=O) groups is 1. The molecule has 0 radical (unpaired) electrons. The number of anilines is 1. The first kappa shape index (κ1) is 17.8. The fourth-order valence-corrected chi connectivity index (χ4v) is 2.81. The number of hydrogen-bond acceptors (Lipinski definition) is 4. The first-order valence-electron chi connectivity index (χ1n) is 7.23. The summed E-state index contributed by atoms with van der Waals surface area (Å²) < 4.78 is 25.1. The molecule has 0 fully saturated rings. The molecule has 0 spiro atoms. The molecule has 1 aromatic heterocycles. The van der Waals surface area contributed by atoms with Crippen LogP contribution in [0.15, 0.2) is 53.6 Å². The van der Waals surface area contributed by atoms with Crippen molar-refractivity contribution in [1.82, 2.24) is 9.29 Å². The van der Waals surface area contributed by atoms with E-state index >= 15 is 0 Å². The zero-order valence-electron chi connectivity index (χ0n) is 13.7. The summed E-state index contributed by atoms with van der Waals surface area (Å²) in [6.07, 6.45) is 4.61. The fraction of sp³-hybridized carbons (Fsp3) is 0.176. The molecule has 0 atom stereocenters. The van der Waals surface area contributed by atoms with E-state index in [0.717, 1.165) is 15.4 Å². The minimum atomic E-state index is -3.45. The van der Waals surface area contributed by atoms with Gasteiger partial charge in [-0.15, -0.1) is 0 Å². The van der Waals surface area contributed by atoms with Gasteiger partial charge in [-0.25, -0.2) is 17.7 Å². The highest BCUT2D eigenvalue weighted by molar-refractivity contribution is 7.89. The van der Waals surface area contributed by atoms with E-state index in [0.29, 0.717) is 5.82 Å². The Morgan fingerprint density at radius 1 is 1.17 bits per heavy atom. The minimum absolute atomic E-state index is 0.207. The summed E-state index contributed by atoms with van der Waals surface area (Å²) in [4.78, 5) is 16.1. The molecular formula is C17H19N3O3S. The highest BCUT2D eigenvalue weighted by atomic mass is 32.2. The van der Waals surface area contributed by atoms with Gasteiger partial charge >= 0.3 is 0 Å². The number of aryl methyl sites for hydroxylation is 1. The molecule has 0 unspecified atom stereocenters. The number of nitrogens with zero attached hydrogens (tertiary/aromatic N) is 2. The number of sulfonamides is 1. The lowest BCUT2D eigenvalue weighted by Crippen LogP contribution is -2.22. The predicted molar refractivity (Wildman–Crippen MR) is 94.0 cm³/mol. The predicted octanol–water partition coefficient (Wildman–Crippen LogP) is 2.29. The van der Waals surface area contributed by atoms with Gasteiger partial charge in [-0.05, 0) is 48.4 Å². The van der Waals surface area contributed by atoms with Crippen molar-refractivity contribution >= 4 is 27.8 Å². The van der Waals surface area contributed by atoms with E-state index in [1.54, 1.807) is 30.5 Å². The third-order valence-corrected chi connectivity index (χ3v) is 5.08. The van der Waals surface area contributed by atoms with Crippen LogP contribution in [0.2, 0.25) is 0 Å². The number of pyridine rings is 1. The van der Waals surface area contributed by atoms with E-state index in [9.17, 15) is 13.2 Å². The van der Waals surface area contributed by atoms with Crippen LogP contribution in [0, 0.1) is 6.92 Å². The summed E-state index contributed by atoms with van der Waals surface area (Å²) >= 11 is 0. The first-order chi connectivity index (χ1) is 11.3. The van der Waals surface area contributed by atoms with Gasteiger partial charge in [0.05, 0.1) is 4.90 Å². The van der Waals surface area contributed by atoms with Crippen LogP contribution in [-0.4, -0.2) is 37.7 Å². The van der Waals surface area contributed by atoms with Crippen LogP contribution in [0.25, 0.3) is 6.08 Å². The van der Waals surface area contributed by atoms with Crippen molar-refractivity contribution in [3.8, 4) is 0 Å². The Morgan fingerprint density at radius 2 is 1.83 bits per heavy atom. The van der Waals surface area contributed by atoms with Crippen LogP contribution < -0.4 is 5.32 Å². The maximum absolute atomic E-state index is 12.0. The minimum Gasteiger partial charge on any atom is -0.307 e. The van der Waals surface area contributed by atoms with E-state index in [1.807, 2.05) is 13.0 Å². The molecule has 7 heteroatoms. The molecule has 1 aromatic carbocycles. The summed E-state index contributed by atoms with van der Waals surface area (Å²) in [6, 6.07) is 9.92. The van der Waals surface area contributed by atoms with Crippen LogP contribution in [-0.2, 0) is 14.8 Å². The Kier molecular flexibility index (Phi) is 5.48. The quantitative estimate of drug-likeness (QED) is 0.843. The molecule has 0 aliphatic heterocycles. The average Bonchev–Trinajstić information content (AvgIpc) is 2.53. The molecule has 1 N–H and O–H groups in total. The summed E-state index contributed by atoms with van der Waals surface area (Å²) in [7, 11) is -0.490. The Morgan fingerprint density at radius 3 is 2.42 bits per heavy atom. The molecule has 0 aliphatic rings.